The van der Waals surface area contributed by atoms with Gasteiger partial charge >= 0.3 is 0 Å². The van der Waals surface area contributed by atoms with E-state index in [1.54, 1.807) is 0 Å². The Labute approximate surface area is 69.0 Å². The summed E-state index contributed by atoms with van der Waals surface area (Å²) in [6, 6.07) is 5.64. The third kappa shape index (κ3) is 0.955. The minimum Gasteiger partial charge on any atom is -0.397 e. The Balaban J connectivity index is 2.86. The number of nitrogen functional groups attached to an aromatic ring is 1. The molecule has 0 atom stereocenters. The van der Waals surface area contributed by atoms with E-state index in [0.29, 0.717) is 10.7 Å². The third-order valence-electron chi connectivity index (χ3n) is 1.67. The summed E-state index contributed by atoms with van der Waals surface area (Å²) in [7, 11) is 0. The summed E-state index contributed by atoms with van der Waals surface area (Å²) in [6.45, 7) is 0. The molecule has 2 rings (SSSR count). The van der Waals surface area contributed by atoms with Gasteiger partial charge in [-0.1, -0.05) is 11.6 Å². The van der Waals surface area contributed by atoms with Gasteiger partial charge in [0.05, 0.1) is 10.7 Å². The fourth-order valence-electron chi connectivity index (χ4n) is 1.09. The molecular weight excluding hydrogens is 160 g/mol. The molecule has 0 amide bonds. The van der Waals surface area contributed by atoms with E-state index >= 15 is 0 Å². The van der Waals surface area contributed by atoms with E-state index in [4.69, 9.17) is 17.3 Å². The van der Waals surface area contributed by atoms with Crippen LogP contribution in [0.3, 0.4) is 0 Å². The average molecular weight is 167 g/mol. The van der Waals surface area contributed by atoms with Crippen molar-refractivity contribution in [2.24, 2.45) is 0 Å². The highest BCUT2D eigenvalue weighted by Gasteiger charge is 1.98. The molecule has 11 heavy (non-hydrogen) atoms. The molecule has 2 nitrogen and oxygen atoms in total. The van der Waals surface area contributed by atoms with Crippen LogP contribution in [0.5, 0.6) is 0 Å². The van der Waals surface area contributed by atoms with E-state index in [9.17, 15) is 0 Å². The van der Waals surface area contributed by atoms with Crippen LogP contribution in [-0.4, -0.2) is 4.98 Å². The lowest BCUT2D eigenvalue weighted by Gasteiger charge is -1.96. The first-order valence-electron chi connectivity index (χ1n) is 3.29. The van der Waals surface area contributed by atoms with Gasteiger partial charge in [-0.05, 0) is 18.2 Å². The Morgan fingerprint density at radius 1 is 1.36 bits per heavy atom. The van der Waals surface area contributed by atoms with Gasteiger partial charge in [0.2, 0.25) is 0 Å². The number of nitrogens with one attached hydrogen (secondary N) is 1. The van der Waals surface area contributed by atoms with Crippen molar-refractivity contribution in [1.29, 1.82) is 0 Å². The second-order valence-electron chi connectivity index (χ2n) is 2.44. The predicted octanol–water partition coefficient (Wildman–Crippen LogP) is 2.40. The van der Waals surface area contributed by atoms with Crippen LogP contribution in [-0.2, 0) is 0 Å². The van der Waals surface area contributed by atoms with Crippen molar-refractivity contribution in [2.45, 2.75) is 0 Å². The number of nitrogens with two attached hydrogens (primary N) is 1. The number of rotatable bonds is 0. The van der Waals surface area contributed by atoms with Crippen molar-refractivity contribution < 1.29 is 0 Å². The number of aromatic nitrogens is 1. The molecule has 0 saturated carbocycles. The maximum absolute atomic E-state index is 5.81. The number of aromatic amines is 1. The molecule has 1 aromatic heterocycles. The molecule has 56 valence electrons. The second-order valence-corrected chi connectivity index (χ2v) is 2.85. The summed E-state index contributed by atoms with van der Waals surface area (Å²) in [6.07, 6.45) is 1.86. The lowest BCUT2D eigenvalue weighted by molar-refractivity contribution is 1.48. The highest BCUT2D eigenvalue weighted by atomic mass is 35.5. The zero-order chi connectivity index (χ0) is 7.84. The van der Waals surface area contributed by atoms with Crippen LogP contribution in [0.1, 0.15) is 0 Å². The highest BCUT2D eigenvalue weighted by molar-refractivity contribution is 6.33. The average Bonchev–Trinajstić information content (AvgIpc) is 2.36. The Hall–Kier alpha value is -1.15. The maximum atomic E-state index is 5.81. The first kappa shape index (κ1) is 6.55. The fourth-order valence-corrected chi connectivity index (χ4v) is 1.26. The predicted molar refractivity (Wildman–Crippen MR) is 47.7 cm³/mol. The molecule has 0 radical (unpaired) electrons. The SMILES string of the molecule is Nc1cc2[nH]ccc2cc1Cl. The van der Waals surface area contributed by atoms with E-state index in [0.717, 1.165) is 10.9 Å². The van der Waals surface area contributed by atoms with Gasteiger partial charge in [0.15, 0.2) is 0 Å². The largest absolute Gasteiger partial charge is 0.397 e. The van der Waals surface area contributed by atoms with Crippen LogP contribution in [0.4, 0.5) is 5.69 Å². The number of benzene rings is 1. The molecule has 3 heteroatoms. The van der Waals surface area contributed by atoms with Crippen molar-refractivity contribution in [2.75, 3.05) is 5.73 Å². The molecule has 0 aliphatic rings. The van der Waals surface area contributed by atoms with E-state index in [2.05, 4.69) is 4.98 Å². The number of hydrogen-bond donors (Lipinski definition) is 2. The minimum absolute atomic E-state index is 0.608. The highest BCUT2D eigenvalue weighted by Crippen LogP contribution is 2.24. The number of fused-ring (bicyclic) bond motifs is 1. The van der Waals surface area contributed by atoms with Crippen LogP contribution in [0, 0.1) is 0 Å². The lowest BCUT2D eigenvalue weighted by atomic mass is 10.2. The monoisotopic (exact) mass is 166 g/mol. The van der Waals surface area contributed by atoms with Crippen molar-refractivity contribution >= 4 is 28.2 Å². The zero-order valence-corrected chi connectivity index (χ0v) is 6.52. The minimum atomic E-state index is 0.608. The Morgan fingerprint density at radius 3 is 3.00 bits per heavy atom. The molecule has 0 aliphatic carbocycles. The van der Waals surface area contributed by atoms with E-state index in [1.807, 2.05) is 24.4 Å². The summed E-state index contributed by atoms with van der Waals surface area (Å²) >= 11 is 5.81. The van der Waals surface area contributed by atoms with Crippen LogP contribution < -0.4 is 5.73 Å². The van der Waals surface area contributed by atoms with Gasteiger partial charge in [-0.3, -0.25) is 0 Å². The Bertz CT molecular complexity index is 356. The van der Waals surface area contributed by atoms with Crippen molar-refractivity contribution in [3.05, 3.63) is 29.4 Å². The third-order valence-corrected chi connectivity index (χ3v) is 2.00. The van der Waals surface area contributed by atoms with Crippen molar-refractivity contribution in [1.82, 2.24) is 4.98 Å². The first-order chi connectivity index (χ1) is 5.27. The molecule has 1 aromatic carbocycles. The summed E-state index contributed by atoms with van der Waals surface area (Å²) in [4.78, 5) is 3.05. The van der Waals surface area contributed by atoms with Crippen LogP contribution in [0.15, 0.2) is 24.4 Å². The molecule has 3 N–H and O–H groups in total. The molecule has 0 bridgehead atoms. The van der Waals surface area contributed by atoms with Gasteiger partial charge in [0.1, 0.15) is 0 Å². The fraction of sp³-hybridized carbons (Fsp3) is 0. The Morgan fingerprint density at radius 2 is 2.18 bits per heavy atom. The molecule has 0 aliphatic heterocycles. The molecule has 0 spiro atoms. The number of anilines is 1. The van der Waals surface area contributed by atoms with Gasteiger partial charge in [-0.2, -0.15) is 0 Å². The van der Waals surface area contributed by atoms with Crippen LogP contribution >= 0.6 is 11.6 Å². The van der Waals surface area contributed by atoms with Gasteiger partial charge in [-0.15, -0.1) is 0 Å². The molecular formula is C8H7ClN2. The topological polar surface area (TPSA) is 41.8 Å². The van der Waals surface area contributed by atoms with Gasteiger partial charge in [0.25, 0.3) is 0 Å². The van der Waals surface area contributed by atoms with Gasteiger partial charge in [0, 0.05) is 17.1 Å². The number of H-pyrrole nitrogens is 1. The molecule has 1 heterocycles. The quantitative estimate of drug-likeness (QED) is 0.580. The smallest absolute Gasteiger partial charge is 0.0642 e. The summed E-state index contributed by atoms with van der Waals surface area (Å²) < 4.78 is 0. The first-order valence-corrected chi connectivity index (χ1v) is 3.67. The zero-order valence-electron chi connectivity index (χ0n) is 5.76. The summed E-state index contributed by atoms with van der Waals surface area (Å²) in [5.74, 6) is 0. The van der Waals surface area contributed by atoms with Crippen LogP contribution in [0.25, 0.3) is 10.9 Å². The molecule has 2 aromatic rings. The standard InChI is InChI=1S/C8H7ClN2/c9-6-3-5-1-2-11-8(5)4-7(6)10/h1-4,11H,10H2. The number of hydrogen-bond acceptors (Lipinski definition) is 1. The maximum Gasteiger partial charge on any atom is 0.0642 e. The normalized spacial score (nSPS) is 10.6. The number of halogens is 1. The molecule has 0 fully saturated rings. The lowest BCUT2D eigenvalue weighted by Crippen LogP contribution is -1.84. The van der Waals surface area contributed by atoms with Gasteiger partial charge in [-0.25, -0.2) is 0 Å². The van der Waals surface area contributed by atoms with E-state index in [1.165, 1.54) is 0 Å². The molecule has 0 unspecified atom stereocenters. The van der Waals surface area contributed by atoms with Crippen molar-refractivity contribution in [3.63, 3.8) is 0 Å². The Kier molecular flexibility index (Phi) is 1.29. The summed E-state index contributed by atoms with van der Waals surface area (Å²) in [5, 5.41) is 1.70. The van der Waals surface area contributed by atoms with Gasteiger partial charge < -0.3 is 10.7 Å². The van der Waals surface area contributed by atoms with Crippen molar-refractivity contribution in [3.8, 4) is 0 Å². The second kappa shape index (κ2) is 2.17. The van der Waals surface area contributed by atoms with E-state index < -0.39 is 0 Å². The van der Waals surface area contributed by atoms with Crippen LogP contribution in [0.2, 0.25) is 5.02 Å². The van der Waals surface area contributed by atoms with E-state index in [-0.39, 0.29) is 0 Å². The molecule has 0 saturated heterocycles. The summed E-state index contributed by atoms with van der Waals surface area (Å²) in [5.41, 5.74) is 7.23.